The number of amides is 1. The normalized spacial score (nSPS) is 23.6. The van der Waals surface area contributed by atoms with Crippen molar-refractivity contribution in [3.05, 3.63) is 17.5 Å². The highest BCUT2D eigenvalue weighted by Crippen LogP contribution is 2.39. The van der Waals surface area contributed by atoms with Gasteiger partial charge in [0, 0.05) is 24.2 Å². The number of carbonyl (C=O) groups excluding carboxylic acids is 1. The molecule has 7 heteroatoms. The first-order valence-corrected chi connectivity index (χ1v) is 9.89. The van der Waals surface area contributed by atoms with Crippen LogP contribution in [0.3, 0.4) is 0 Å². The van der Waals surface area contributed by atoms with E-state index in [4.69, 9.17) is 0 Å². The summed E-state index contributed by atoms with van der Waals surface area (Å²) in [6.45, 7) is 2.66. The van der Waals surface area contributed by atoms with Crippen molar-refractivity contribution in [3.63, 3.8) is 0 Å². The topological polar surface area (TPSA) is 83.1 Å². The molecule has 1 amide bonds. The second-order valence-electron chi connectivity index (χ2n) is 6.39. The maximum atomic E-state index is 12.8. The fourth-order valence-electron chi connectivity index (χ4n) is 3.00. The maximum absolute atomic E-state index is 12.8. The summed E-state index contributed by atoms with van der Waals surface area (Å²) < 4.78 is 23.4. The molecule has 1 aliphatic carbocycles. The summed E-state index contributed by atoms with van der Waals surface area (Å²) in [7, 11) is -3.00. The Morgan fingerprint density at radius 3 is 2.77 bits per heavy atom. The quantitative estimate of drug-likeness (QED) is 0.863. The van der Waals surface area contributed by atoms with Crippen LogP contribution in [-0.4, -0.2) is 53.5 Å². The number of rotatable bonds is 6. The standard InChI is InChI=1S/C15H23N3O3S/c1-2-3-7-18(12-6-8-22(20,21)10-12)15(19)14-9-13(16-17-14)11-4-5-11/h9,11-12H,2-8,10H2,1H3,(H,16,17). The van der Waals surface area contributed by atoms with E-state index in [1.54, 1.807) is 4.90 Å². The van der Waals surface area contributed by atoms with Crippen LogP contribution in [0.15, 0.2) is 6.07 Å². The van der Waals surface area contributed by atoms with Crippen molar-refractivity contribution in [1.82, 2.24) is 15.1 Å². The molecule has 1 atom stereocenters. The number of aromatic amines is 1. The maximum Gasteiger partial charge on any atom is 0.274 e. The number of carbonyl (C=O) groups is 1. The second kappa shape index (κ2) is 6.02. The fourth-order valence-corrected chi connectivity index (χ4v) is 4.73. The molecule has 0 radical (unpaired) electrons. The molecular formula is C15H23N3O3S. The van der Waals surface area contributed by atoms with E-state index in [2.05, 4.69) is 17.1 Å². The minimum atomic E-state index is -3.00. The van der Waals surface area contributed by atoms with Gasteiger partial charge in [-0.15, -0.1) is 0 Å². The van der Waals surface area contributed by atoms with Gasteiger partial charge in [-0.1, -0.05) is 13.3 Å². The van der Waals surface area contributed by atoms with Crippen LogP contribution in [0.2, 0.25) is 0 Å². The van der Waals surface area contributed by atoms with Gasteiger partial charge in [-0.2, -0.15) is 5.10 Å². The summed E-state index contributed by atoms with van der Waals surface area (Å²) in [6.07, 6.45) is 4.68. The van der Waals surface area contributed by atoms with Crippen molar-refractivity contribution in [2.75, 3.05) is 18.1 Å². The highest BCUT2D eigenvalue weighted by molar-refractivity contribution is 7.91. The fraction of sp³-hybridized carbons (Fsp3) is 0.733. The first-order valence-electron chi connectivity index (χ1n) is 8.07. The number of sulfone groups is 1. The molecule has 0 aromatic carbocycles. The van der Waals surface area contributed by atoms with E-state index in [0.717, 1.165) is 31.4 Å². The molecule has 1 N–H and O–H groups in total. The van der Waals surface area contributed by atoms with Crippen LogP contribution < -0.4 is 0 Å². The highest BCUT2D eigenvalue weighted by atomic mass is 32.2. The van der Waals surface area contributed by atoms with Crippen molar-refractivity contribution >= 4 is 15.7 Å². The number of nitrogens with zero attached hydrogens (tertiary/aromatic N) is 2. The number of unbranched alkanes of at least 4 members (excludes halogenated alkanes) is 1. The van der Waals surface area contributed by atoms with Crippen LogP contribution in [0.1, 0.15) is 61.1 Å². The lowest BCUT2D eigenvalue weighted by Gasteiger charge is -2.27. The molecule has 1 aliphatic heterocycles. The van der Waals surface area contributed by atoms with Crippen molar-refractivity contribution in [1.29, 1.82) is 0 Å². The zero-order valence-electron chi connectivity index (χ0n) is 12.9. The van der Waals surface area contributed by atoms with E-state index < -0.39 is 9.84 Å². The lowest BCUT2D eigenvalue weighted by atomic mass is 10.1. The molecule has 2 fully saturated rings. The average molecular weight is 325 g/mol. The Morgan fingerprint density at radius 1 is 1.41 bits per heavy atom. The summed E-state index contributed by atoms with van der Waals surface area (Å²) in [5.41, 5.74) is 1.44. The Labute approximate surface area is 131 Å². The van der Waals surface area contributed by atoms with E-state index in [1.165, 1.54) is 0 Å². The Hall–Kier alpha value is -1.37. The zero-order valence-corrected chi connectivity index (χ0v) is 13.7. The molecule has 2 heterocycles. The third kappa shape index (κ3) is 3.34. The minimum absolute atomic E-state index is 0.0857. The molecule has 1 saturated carbocycles. The van der Waals surface area contributed by atoms with Gasteiger partial charge in [-0.05, 0) is 31.7 Å². The van der Waals surface area contributed by atoms with Crippen molar-refractivity contribution in [3.8, 4) is 0 Å². The van der Waals surface area contributed by atoms with E-state index in [1.807, 2.05) is 6.07 Å². The van der Waals surface area contributed by atoms with Gasteiger partial charge < -0.3 is 4.90 Å². The molecule has 6 nitrogen and oxygen atoms in total. The highest BCUT2D eigenvalue weighted by Gasteiger charge is 2.36. The molecule has 122 valence electrons. The molecule has 1 unspecified atom stereocenters. The van der Waals surface area contributed by atoms with Gasteiger partial charge in [0.25, 0.3) is 5.91 Å². The monoisotopic (exact) mass is 325 g/mol. The summed E-state index contributed by atoms with van der Waals surface area (Å²) in [4.78, 5) is 14.5. The van der Waals surface area contributed by atoms with E-state index >= 15 is 0 Å². The van der Waals surface area contributed by atoms with Crippen molar-refractivity contribution < 1.29 is 13.2 Å². The Kier molecular flexibility index (Phi) is 4.25. The van der Waals surface area contributed by atoms with Gasteiger partial charge in [-0.25, -0.2) is 8.42 Å². The molecule has 3 rings (SSSR count). The molecular weight excluding hydrogens is 302 g/mol. The predicted octanol–water partition coefficient (Wildman–Crippen LogP) is 1.72. The molecule has 22 heavy (non-hydrogen) atoms. The Balaban J connectivity index is 1.76. The number of H-pyrrole nitrogens is 1. The lowest BCUT2D eigenvalue weighted by molar-refractivity contribution is 0.0688. The molecule has 0 spiro atoms. The largest absolute Gasteiger partial charge is 0.333 e. The minimum Gasteiger partial charge on any atom is -0.333 e. The second-order valence-corrected chi connectivity index (χ2v) is 8.62. The number of hydrogen-bond donors (Lipinski definition) is 1. The van der Waals surface area contributed by atoms with Crippen LogP contribution >= 0.6 is 0 Å². The number of nitrogens with one attached hydrogen (secondary N) is 1. The summed E-state index contributed by atoms with van der Waals surface area (Å²) >= 11 is 0. The van der Waals surface area contributed by atoms with Crippen molar-refractivity contribution in [2.24, 2.45) is 0 Å². The third-order valence-electron chi connectivity index (χ3n) is 4.50. The summed E-state index contributed by atoms with van der Waals surface area (Å²) in [5.74, 6) is 0.646. The van der Waals surface area contributed by atoms with Gasteiger partial charge in [0.2, 0.25) is 0 Å². The van der Waals surface area contributed by atoms with Crippen LogP contribution in [0.4, 0.5) is 0 Å². The lowest BCUT2D eigenvalue weighted by Crippen LogP contribution is -2.42. The van der Waals surface area contributed by atoms with Gasteiger partial charge in [-0.3, -0.25) is 9.89 Å². The summed E-state index contributed by atoms with van der Waals surface area (Å²) in [6, 6.07) is 1.63. The van der Waals surface area contributed by atoms with E-state index in [0.29, 0.717) is 24.6 Å². The van der Waals surface area contributed by atoms with Gasteiger partial charge >= 0.3 is 0 Å². The number of hydrogen-bond acceptors (Lipinski definition) is 4. The first kappa shape index (κ1) is 15.5. The summed E-state index contributed by atoms with van der Waals surface area (Å²) in [5, 5.41) is 7.10. The molecule has 1 aromatic heterocycles. The smallest absolute Gasteiger partial charge is 0.274 e. The first-order chi connectivity index (χ1) is 10.5. The third-order valence-corrected chi connectivity index (χ3v) is 6.25. The SMILES string of the molecule is CCCCN(C(=O)c1cc(C2CC2)[nH]n1)C1CCS(=O)(=O)C1. The van der Waals surface area contributed by atoms with E-state index in [-0.39, 0.29) is 23.5 Å². The average Bonchev–Trinajstić information content (AvgIpc) is 3.10. The van der Waals surface area contributed by atoms with Gasteiger partial charge in [0.1, 0.15) is 5.69 Å². The predicted molar refractivity (Wildman–Crippen MR) is 83.6 cm³/mol. The molecule has 0 bridgehead atoms. The van der Waals surface area contributed by atoms with Crippen molar-refractivity contribution in [2.45, 2.75) is 51.0 Å². The van der Waals surface area contributed by atoms with Crippen LogP contribution in [0.25, 0.3) is 0 Å². The van der Waals surface area contributed by atoms with E-state index in [9.17, 15) is 13.2 Å². The van der Waals surface area contributed by atoms with Crippen LogP contribution in [-0.2, 0) is 9.84 Å². The van der Waals surface area contributed by atoms with Gasteiger partial charge in [0.05, 0.1) is 11.5 Å². The Bertz CT molecular complexity index is 649. The molecule has 1 aromatic rings. The molecule has 2 aliphatic rings. The number of aromatic nitrogens is 2. The zero-order chi connectivity index (χ0) is 15.7. The Morgan fingerprint density at radius 2 is 2.18 bits per heavy atom. The van der Waals surface area contributed by atoms with Crippen LogP contribution in [0.5, 0.6) is 0 Å². The van der Waals surface area contributed by atoms with Gasteiger partial charge in [0.15, 0.2) is 9.84 Å². The van der Waals surface area contributed by atoms with Crippen LogP contribution in [0, 0.1) is 0 Å². The molecule has 1 saturated heterocycles.